The lowest BCUT2D eigenvalue weighted by Crippen LogP contribution is -2.57. The monoisotopic (exact) mass is 329 g/mol. The number of aromatic nitrogens is 1. The van der Waals surface area contributed by atoms with Crippen LogP contribution in [0.2, 0.25) is 0 Å². The van der Waals surface area contributed by atoms with Crippen molar-refractivity contribution < 1.29 is 9.53 Å². The van der Waals surface area contributed by atoms with E-state index in [1.165, 1.54) is 12.8 Å². The van der Waals surface area contributed by atoms with Gasteiger partial charge in [0, 0.05) is 51.1 Å². The summed E-state index contributed by atoms with van der Waals surface area (Å²) in [6.07, 6.45) is 7.24. The Bertz CT molecular complexity index is 575. The summed E-state index contributed by atoms with van der Waals surface area (Å²) in [5, 5.41) is 3.17. The Kier molecular flexibility index (Phi) is 4.55. The van der Waals surface area contributed by atoms with E-state index in [0.29, 0.717) is 6.54 Å². The zero-order chi connectivity index (χ0) is 16.4. The molecule has 3 heterocycles. The molecule has 2 aliphatic heterocycles. The molecular weight excluding hydrogens is 302 g/mol. The second kappa shape index (κ2) is 6.81. The van der Waals surface area contributed by atoms with E-state index < -0.39 is 0 Å². The Morgan fingerprint density at radius 1 is 1.38 bits per heavy atom. The van der Waals surface area contributed by atoms with Gasteiger partial charge in [-0.1, -0.05) is 6.07 Å². The van der Waals surface area contributed by atoms with Gasteiger partial charge in [0.05, 0.1) is 11.5 Å². The van der Waals surface area contributed by atoms with E-state index in [1.807, 2.05) is 18.2 Å². The zero-order valence-electron chi connectivity index (χ0n) is 14.2. The molecule has 0 bridgehead atoms. The number of rotatable bonds is 6. The predicted octanol–water partition coefficient (Wildman–Crippen LogP) is 1.63. The number of pyridine rings is 1. The zero-order valence-corrected chi connectivity index (χ0v) is 14.2. The Morgan fingerprint density at radius 2 is 2.29 bits per heavy atom. The lowest BCUT2D eigenvalue weighted by atomic mass is 9.75. The van der Waals surface area contributed by atoms with Crippen LogP contribution in [-0.4, -0.2) is 54.7 Å². The number of carbonyl (C=O) groups is 1. The maximum Gasteiger partial charge on any atom is 0.230 e. The predicted molar refractivity (Wildman–Crippen MR) is 91.5 cm³/mol. The van der Waals surface area contributed by atoms with E-state index in [4.69, 9.17) is 4.74 Å². The Labute approximate surface area is 143 Å². The lowest BCUT2D eigenvalue weighted by molar-refractivity contribution is -0.139. The molecule has 3 aliphatic rings. The van der Waals surface area contributed by atoms with E-state index in [1.54, 1.807) is 6.20 Å². The molecular formula is C19H27N3O2. The summed E-state index contributed by atoms with van der Waals surface area (Å²) in [4.78, 5) is 19.8. The number of hydrogen-bond donors (Lipinski definition) is 1. The SMILES string of the molecule is O=C(NCCc1ccccn1)[C@@]12CCO[C@@H]1CCN(CC1CC1)C2. The highest BCUT2D eigenvalue weighted by molar-refractivity contribution is 5.84. The minimum absolute atomic E-state index is 0.0998. The maximum absolute atomic E-state index is 13.0. The summed E-state index contributed by atoms with van der Waals surface area (Å²) in [5.41, 5.74) is 0.686. The molecule has 1 aromatic heterocycles. The lowest BCUT2D eigenvalue weighted by Gasteiger charge is -2.42. The third-order valence-electron chi connectivity index (χ3n) is 5.76. The maximum atomic E-state index is 13.0. The molecule has 2 saturated heterocycles. The summed E-state index contributed by atoms with van der Waals surface area (Å²) in [6, 6.07) is 5.91. The largest absolute Gasteiger partial charge is 0.377 e. The summed E-state index contributed by atoms with van der Waals surface area (Å²) in [5.74, 6) is 1.05. The molecule has 24 heavy (non-hydrogen) atoms. The fourth-order valence-electron chi connectivity index (χ4n) is 4.20. The first kappa shape index (κ1) is 16.0. The molecule has 1 amide bonds. The summed E-state index contributed by atoms with van der Waals surface area (Å²) < 4.78 is 5.92. The van der Waals surface area contributed by atoms with Gasteiger partial charge in [0.25, 0.3) is 0 Å². The van der Waals surface area contributed by atoms with Gasteiger partial charge in [-0.05, 0) is 43.7 Å². The molecule has 0 aromatic carbocycles. The van der Waals surface area contributed by atoms with Crippen LogP contribution in [0.1, 0.15) is 31.4 Å². The van der Waals surface area contributed by atoms with Gasteiger partial charge in [0.15, 0.2) is 0 Å². The molecule has 1 aliphatic carbocycles. The molecule has 1 aromatic rings. The Morgan fingerprint density at radius 3 is 3.08 bits per heavy atom. The number of nitrogens with one attached hydrogen (secondary N) is 1. The van der Waals surface area contributed by atoms with Crippen molar-refractivity contribution in [2.24, 2.45) is 11.3 Å². The van der Waals surface area contributed by atoms with E-state index in [9.17, 15) is 4.79 Å². The molecule has 0 spiro atoms. The number of fused-ring (bicyclic) bond motifs is 1. The molecule has 130 valence electrons. The van der Waals surface area contributed by atoms with Gasteiger partial charge in [-0.25, -0.2) is 0 Å². The molecule has 0 unspecified atom stereocenters. The first-order valence-corrected chi connectivity index (χ1v) is 9.28. The smallest absolute Gasteiger partial charge is 0.230 e. The molecule has 5 nitrogen and oxygen atoms in total. The van der Waals surface area contributed by atoms with Crippen molar-refractivity contribution in [3.8, 4) is 0 Å². The first-order chi connectivity index (χ1) is 11.8. The van der Waals surface area contributed by atoms with Gasteiger partial charge in [0.2, 0.25) is 5.91 Å². The van der Waals surface area contributed by atoms with Crippen molar-refractivity contribution in [1.29, 1.82) is 0 Å². The highest BCUT2D eigenvalue weighted by Crippen LogP contribution is 2.42. The number of nitrogens with zero attached hydrogens (tertiary/aromatic N) is 2. The highest BCUT2D eigenvalue weighted by Gasteiger charge is 2.53. The van der Waals surface area contributed by atoms with Crippen molar-refractivity contribution in [3.05, 3.63) is 30.1 Å². The van der Waals surface area contributed by atoms with Crippen molar-refractivity contribution in [3.63, 3.8) is 0 Å². The van der Waals surface area contributed by atoms with Crippen LogP contribution in [0.4, 0.5) is 0 Å². The first-order valence-electron chi connectivity index (χ1n) is 9.28. The fraction of sp³-hybridized carbons (Fsp3) is 0.684. The van der Waals surface area contributed by atoms with E-state index in [-0.39, 0.29) is 17.4 Å². The highest BCUT2D eigenvalue weighted by atomic mass is 16.5. The van der Waals surface area contributed by atoms with Crippen LogP contribution in [0.25, 0.3) is 0 Å². The molecule has 1 saturated carbocycles. The number of piperidine rings is 1. The molecule has 5 heteroatoms. The van der Waals surface area contributed by atoms with Crippen LogP contribution in [0.3, 0.4) is 0 Å². The van der Waals surface area contributed by atoms with Gasteiger partial charge in [0.1, 0.15) is 0 Å². The minimum atomic E-state index is -0.336. The second-order valence-electron chi connectivity index (χ2n) is 7.56. The van der Waals surface area contributed by atoms with Gasteiger partial charge < -0.3 is 15.0 Å². The van der Waals surface area contributed by atoms with Gasteiger partial charge >= 0.3 is 0 Å². The quantitative estimate of drug-likeness (QED) is 0.862. The number of likely N-dealkylation sites (tertiary alicyclic amines) is 1. The summed E-state index contributed by atoms with van der Waals surface area (Å²) >= 11 is 0. The van der Waals surface area contributed by atoms with Crippen LogP contribution in [-0.2, 0) is 16.0 Å². The average molecular weight is 329 g/mol. The number of ether oxygens (including phenoxy) is 1. The molecule has 1 N–H and O–H groups in total. The van der Waals surface area contributed by atoms with E-state index in [2.05, 4.69) is 15.2 Å². The standard InChI is InChI=1S/C19H27N3O2/c23-18(21-10-6-16-3-1-2-9-20-16)19-8-12-24-17(19)7-11-22(14-19)13-15-4-5-15/h1-3,9,15,17H,4-8,10-14H2,(H,21,23)/t17-,19-/m1/s1. The second-order valence-corrected chi connectivity index (χ2v) is 7.56. The molecule has 0 radical (unpaired) electrons. The van der Waals surface area contributed by atoms with Crippen LogP contribution in [0.5, 0.6) is 0 Å². The van der Waals surface area contributed by atoms with Crippen LogP contribution >= 0.6 is 0 Å². The molecule has 2 atom stereocenters. The Balaban J connectivity index is 1.36. The van der Waals surface area contributed by atoms with Gasteiger partial charge in [-0.3, -0.25) is 9.78 Å². The number of hydrogen-bond acceptors (Lipinski definition) is 4. The van der Waals surface area contributed by atoms with Crippen molar-refractivity contribution >= 4 is 5.91 Å². The topological polar surface area (TPSA) is 54.5 Å². The summed E-state index contributed by atoms with van der Waals surface area (Å²) in [7, 11) is 0. The molecule has 4 rings (SSSR count). The van der Waals surface area contributed by atoms with Crippen molar-refractivity contribution in [1.82, 2.24) is 15.2 Å². The normalized spacial score (nSPS) is 30.1. The third-order valence-corrected chi connectivity index (χ3v) is 5.76. The van der Waals surface area contributed by atoms with Crippen LogP contribution < -0.4 is 5.32 Å². The van der Waals surface area contributed by atoms with E-state index in [0.717, 1.165) is 57.1 Å². The van der Waals surface area contributed by atoms with Crippen LogP contribution in [0.15, 0.2) is 24.4 Å². The van der Waals surface area contributed by atoms with Crippen molar-refractivity contribution in [2.45, 2.75) is 38.2 Å². The van der Waals surface area contributed by atoms with Crippen molar-refractivity contribution in [2.75, 3.05) is 32.8 Å². The Hall–Kier alpha value is -1.46. The van der Waals surface area contributed by atoms with E-state index >= 15 is 0 Å². The van der Waals surface area contributed by atoms with Gasteiger partial charge in [-0.2, -0.15) is 0 Å². The average Bonchev–Trinajstić information content (AvgIpc) is 3.31. The fourth-order valence-corrected chi connectivity index (χ4v) is 4.20. The van der Waals surface area contributed by atoms with Gasteiger partial charge in [-0.15, -0.1) is 0 Å². The summed E-state index contributed by atoms with van der Waals surface area (Å²) in [6.45, 7) is 4.46. The minimum Gasteiger partial charge on any atom is -0.377 e. The van der Waals surface area contributed by atoms with Crippen LogP contribution in [0, 0.1) is 11.3 Å². The molecule has 3 fully saturated rings. The number of amides is 1. The number of carbonyl (C=O) groups excluding carboxylic acids is 1. The third kappa shape index (κ3) is 3.33.